The van der Waals surface area contributed by atoms with Crippen LogP contribution in [0.1, 0.15) is 24.6 Å². The van der Waals surface area contributed by atoms with Crippen LogP contribution in [-0.4, -0.2) is 41.4 Å². The fourth-order valence-electron chi connectivity index (χ4n) is 2.74. The number of halogens is 7. The molecule has 1 aromatic carbocycles. The summed E-state index contributed by atoms with van der Waals surface area (Å²) in [6, 6.07) is 1.83. The van der Waals surface area contributed by atoms with Crippen molar-refractivity contribution in [2.24, 2.45) is 0 Å². The highest BCUT2D eigenvalue weighted by Gasteiger charge is 2.37. The van der Waals surface area contributed by atoms with Crippen LogP contribution in [0.2, 0.25) is 0 Å². The zero-order chi connectivity index (χ0) is 22.4. The van der Waals surface area contributed by atoms with Gasteiger partial charge < -0.3 is 5.11 Å². The van der Waals surface area contributed by atoms with E-state index in [1.165, 1.54) is 0 Å². The molecule has 0 radical (unpaired) electrons. The molecule has 2 aromatic rings. The minimum atomic E-state index is -5.08. The average molecular weight is 467 g/mol. The van der Waals surface area contributed by atoms with Crippen LogP contribution in [0.25, 0.3) is 10.9 Å². The van der Waals surface area contributed by atoms with Crippen molar-refractivity contribution in [1.29, 1.82) is 0 Å². The summed E-state index contributed by atoms with van der Waals surface area (Å²) in [6.45, 7) is 1.12. The predicted molar refractivity (Wildman–Crippen MR) is 94.7 cm³/mol. The summed E-state index contributed by atoms with van der Waals surface area (Å²) in [6.07, 6.45) is -9.15. The van der Waals surface area contributed by atoms with E-state index < -0.39 is 50.6 Å². The Balaban J connectivity index is 2.55. The van der Waals surface area contributed by atoms with Gasteiger partial charge in [0.25, 0.3) is 0 Å². The van der Waals surface area contributed by atoms with E-state index in [1.54, 1.807) is 0 Å². The van der Waals surface area contributed by atoms with Crippen molar-refractivity contribution in [1.82, 2.24) is 3.97 Å². The molecular weight excluding hydrogens is 451 g/mol. The van der Waals surface area contributed by atoms with Crippen LogP contribution in [0.5, 0.6) is 0 Å². The Morgan fingerprint density at radius 3 is 2.17 bits per heavy atom. The summed E-state index contributed by atoms with van der Waals surface area (Å²) >= 11 is 0.458. The number of fused-ring (bicyclic) bond motifs is 1. The van der Waals surface area contributed by atoms with Gasteiger partial charge in [0.1, 0.15) is 11.4 Å². The van der Waals surface area contributed by atoms with Crippen LogP contribution in [0.15, 0.2) is 18.2 Å². The normalized spacial score (nSPS) is 15.7. The standard InChI is InChI=1S/C16H16F7NO3S2/c1-14(25,3-4-28-8-15(18,19)20)13-6-9-5-11(17)10(16(21,22)23)7-12(9)24(13)29(2,26)27/h5-7,25H,3-4,8H2,1-2H3. The molecule has 0 saturated carbocycles. The van der Waals surface area contributed by atoms with E-state index >= 15 is 0 Å². The quantitative estimate of drug-likeness (QED) is 0.502. The SMILES string of the molecule is CC(O)(CCSCC(F)(F)F)c1cc2cc(F)c(C(F)(F)F)cc2n1S(C)(=O)=O. The third-order valence-electron chi connectivity index (χ3n) is 4.03. The molecular formula is C16H16F7NO3S2. The molecule has 1 atom stereocenters. The van der Waals surface area contributed by atoms with Gasteiger partial charge in [-0.25, -0.2) is 16.8 Å². The van der Waals surface area contributed by atoms with Crippen molar-refractivity contribution < 1.29 is 44.3 Å². The van der Waals surface area contributed by atoms with Gasteiger partial charge in [0.2, 0.25) is 10.0 Å². The van der Waals surface area contributed by atoms with E-state index in [0.717, 1.165) is 13.0 Å². The molecule has 0 saturated heterocycles. The second kappa shape index (κ2) is 7.65. The van der Waals surface area contributed by atoms with Gasteiger partial charge in [-0.2, -0.15) is 38.1 Å². The monoisotopic (exact) mass is 467 g/mol. The molecule has 1 heterocycles. The molecule has 13 heteroatoms. The number of hydrogen-bond donors (Lipinski definition) is 1. The second-order valence-corrected chi connectivity index (χ2v) is 9.57. The molecule has 2 rings (SSSR count). The third kappa shape index (κ3) is 5.57. The number of benzene rings is 1. The minimum absolute atomic E-state index is 0.208. The molecule has 0 aliphatic rings. The molecule has 0 amide bonds. The fourth-order valence-corrected chi connectivity index (χ4v) is 4.78. The number of thioether (sulfide) groups is 1. The fraction of sp³-hybridized carbons (Fsp3) is 0.500. The van der Waals surface area contributed by atoms with Gasteiger partial charge in [-0.1, -0.05) is 0 Å². The minimum Gasteiger partial charge on any atom is -0.384 e. The van der Waals surface area contributed by atoms with Crippen LogP contribution in [-0.2, 0) is 21.8 Å². The van der Waals surface area contributed by atoms with Crippen molar-refractivity contribution in [2.45, 2.75) is 31.3 Å². The van der Waals surface area contributed by atoms with E-state index in [9.17, 15) is 44.3 Å². The molecule has 0 aliphatic heterocycles. The lowest BCUT2D eigenvalue weighted by Crippen LogP contribution is -2.28. The van der Waals surface area contributed by atoms with Crippen LogP contribution in [0.3, 0.4) is 0 Å². The van der Waals surface area contributed by atoms with Gasteiger partial charge in [-0.3, -0.25) is 0 Å². The lowest BCUT2D eigenvalue weighted by Gasteiger charge is -2.25. The van der Waals surface area contributed by atoms with Crippen molar-refractivity contribution in [3.8, 4) is 0 Å². The third-order valence-corrected chi connectivity index (χ3v) is 6.11. The highest BCUT2D eigenvalue weighted by atomic mass is 32.2. The molecule has 1 unspecified atom stereocenters. The second-order valence-electron chi connectivity index (χ2n) is 6.64. The number of rotatable bonds is 6. The van der Waals surface area contributed by atoms with Crippen molar-refractivity contribution >= 4 is 32.7 Å². The molecule has 0 spiro atoms. The number of aliphatic hydroxyl groups is 1. The Hall–Kier alpha value is -1.47. The Kier molecular flexibility index (Phi) is 6.28. The molecule has 4 nitrogen and oxygen atoms in total. The largest absolute Gasteiger partial charge is 0.419 e. The highest BCUT2D eigenvalue weighted by molar-refractivity contribution is 7.99. The number of hydrogen-bond acceptors (Lipinski definition) is 4. The zero-order valence-corrected chi connectivity index (χ0v) is 16.7. The Morgan fingerprint density at radius 2 is 1.69 bits per heavy atom. The van der Waals surface area contributed by atoms with E-state index in [2.05, 4.69) is 0 Å². The van der Waals surface area contributed by atoms with Gasteiger partial charge in [0.05, 0.1) is 28.8 Å². The lowest BCUT2D eigenvalue weighted by atomic mass is 9.99. The van der Waals surface area contributed by atoms with Gasteiger partial charge in [-0.15, -0.1) is 0 Å². The molecule has 1 aromatic heterocycles. The number of alkyl halides is 6. The van der Waals surface area contributed by atoms with Crippen molar-refractivity contribution in [3.63, 3.8) is 0 Å². The van der Waals surface area contributed by atoms with E-state index in [4.69, 9.17) is 0 Å². The maximum Gasteiger partial charge on any atom is 0.419 e. The van der Waals surface area contributed by atoms with Crippen molar-refractivity contribution in [2.75, 3.05) is 17.8 Å². The molecule has 0 aliphatic carbocycles. The smallest absolute Gasteiger partial charge is 0.384 e. The Labute approximate surface area is 165 Å². The van der Waals surface area contributed by atoms with Crippen LogP contribution in [0.4, 0.5) is 30.7 Å². The first-order valence-electron chi connectivity index (χ1n) is 7.93. The van der Waals surface area contributed by atoms with Crippen molar-refractivity contribution in [3.05, 3.63) is 35.3 Å². The summed E-state index contributed by atoms with van der Waals surface area (Å²) in [4.78, 5) is 0. The zero-order valence-electron chi connectivity index (χ0n) is 15.0. The van der Waals surface area contributed by atoms with Gasteiger partial charge in [0, 0.05) is 5.39 Å². The van der Waals surface area contributed by atoms with E-state index in [-0.39, 0.29) is 23.3 Å². The van der Waals surface area contributed by atoms with Gasteiger partial charge in [-0.05, 0) is 37.3 Å². The highest BCUT2D eigenvalue weighted by Crippen LogP contribution is 2.38. The molecule has 164 valence electrons. The van der Waals surface area contributed by atoms with Gasteiger partial charge in [0.15, 0.2) is 0 Å². The first-order valence-corrected chi connectivity index (χ1v) is 10.9. The summed E-state index contributed by atoms with van der Waals surface area (Å²) in [5.74, 6) is -3.01. The molecule has 29 heavy (non-hydrogen) atoms. The summed E-state index contributed by atoms with van der Waals surface area (Å²) in [5.41, 5.74) is -4.56. The molecule has 0 fully saturated rings. The predicted octanol–water partition coefficient (Wildman–Crippen LogP) is 4.50. The van der Waals surface area contributed by atoms with Crippen LogP contribution in [0, 0.1) is 5.82 Å². The van der Waals surface area contributed by atoms with Crippen LogP contribution >= 0.6 is 11.8 Å². The first kappa shape index (κ1) is 23.8. The molecule has 1 N–H and O–H groups in total. The number of nitrogens with zero attached hydrogens (tertiary/aromatic N) is 1. The summed E-state index contributed by atoms with van der Waals surface area (Å²) in [5, 5.41) is 10.5. The Bertz CT molecular complexity index is 1010. The van der Waals surface area contributed by atoms with E-state index in [0.29, 0.717) is 34.1 Å². The lowest BCUT2D eigenvalue weighted by molar-refractivity contribution is -0.139. The summed E-state index contributed by atoms with van der Waals surface area (Å²) in [7, 11) is -4.25. The van der Waals surface area contributed by atoms with E-state index in [1.807, 2.05) is 0 Å². The maximum absolute atomic E-state index is 13.9. The maximum atomic E-state index is 13.9. The van der Waals surface area contributed by atoms with Gasteiger partial charge >= 0.3 is 12.4 Å². The average Bonchev–Trinajstić information content (AvgIpc) is 2.88. The first-order chi connectivity index (χ1) is 12.9. The summed E-state index contributed by atoms with van der Waals surface area (Å²) < 4.78 is 114. The van der Waals surface area contributed by atoms with Crippen LogP contribution < -0.4 is 0 Å². The number of aromatic nitrogens is 1. The Morgan fingerprint density at radius 1 is 1.10 bits per heavy atom. The topological polar surface area (TPSA) is 59.3 Å². The molecule has 0 bridgehead atoms.